The standard InChI is InChI=1S/C20H16F2O3/c1-25-17-10-8-14(9-11-17)18(23)20(21,22)19(24)16-7-6-13-4-2-3-5-15(13)12-16/h2-12,18,23H,1H3. The largest absolute Gasteiger partial charge is 0.497 e. The van der Waals surface area contributed by atoms with Crippen LogP contribution in [-0.2, 0) is 0 Å². The predicted molar refractivity (Wildman–Crippen MR) is 91.2 cm³/mol. The zero-order chi connectivity index (χ0) is 18.0. The maximum atomic E-state index is 14.5. The first-order valence-corrected chi connectivity index (χ1v) is 7.67. The Bertz CT molecular complexity index is 904. The third-order valence-electron chi connectivity index (χ3n) is 4.09. The first-order valence-electron chi connectivity index (χ1n) is 7.67. The number of benzene rings is 3. The molecule has 5 heteroatoms. The smallest absolute Gasteiger partial charge is 0.339 e. The number of aliphatic hydroxyl groups is 1. The number of fused-ring (bicyclic) bond motifs is 1. The summed E-state index contributed by atoms with van der Waals surface area (Å²) in [6.07, 6.45) is -2.24. The van der Waals surface area contributed by atoms with E-state index in [2.05, 4.69) is 0 Å². The Kier molecular flexibility index (Phi) is 4.51. The van der Waals surface area contributed by atoms with Gasteiger partial charge in [0, 0.05) is 5.56 Å². The molecule has 0 aromatic heterocycles. The molecule has 1 atom stereocenters. The third-order valence-corrected chi connectivity index (χ3v) is 4.09. The van der Waals surface area contributed by atoms with E-state index >= 15 is 0 Å². The Morgan fingerprint density at radius 3 is 2.28 bits per heavy atom. The van der Waals surface area contributed by atoms with Crippen LogP contribution >= 0.6 is 0 Å². The number of halogens is 2. The number of Topliss-reactive ketones (excluding diaryl/α,β-unsaturated/α-hetero) is 1. The summed E-state index contributed by atoms with van der Waals surface area (Å²) in [6.45, 7) is 0. The lowest BCUT2D eigenvalue weighted by Crippen LogP contribution is -2.35. The lowest BCUT2D eigenvalue weighted by Gasteiger charge is -2.22. The normalized spacial score (nSPS) is 12.8. The van der Waals surface area contributed by atoms with Crippen molar-refractivity contribution < 1.29 is 23.4 Å². The van der Waals surface area contributed by atoms with Crippen LogP contribution in [0.1, 0.15) is 22.0 Å². The van der Waals surface area contributed by atoms with Gasteiger partial charge in [0.05, 0.1) is 7.11 Å². The van der Waals surface area contributed by atoms with E-state index in [-0.39, 0.29) is 11.1 Å². The highest BCUT2D eigenvalue weighted by molar-refractivity contribution is 6.04. The van der Waals surface area contributed by atoms with Crippen LogP contribution in [0.15, 0.2) is 66.7 Å². The van der Waals surface area contributed by atoms with Gasteiger partial charge in [-0.1, -0.05) is 48.5 Å². The number of carbonyl (C=O) groups excluding carboxylic acids is 1. The molecule has 0 heterocycles. The fourth-order valence-corrected chi connectivity index (χ4v) is 2.64. The van der Waals surface area contributed by atoms with E-state index in [9.17, 15) is 18.7 Å². The van der Waals surface area contributed by atoms with Gasteiger partial charge in [-0.25, -0.2) is 0 Å². The molecule has 1 unspecified atom stereocenters. The summed E-state index contributed by atoms with van der Waals surface area (Å²) >= 11 is 0. The van der Waals surface area contributed by atoms with E-state index < -0.39 is 17.8 Å². The van der Waals surface area contributed by atoms with Gasteiger partial charge in [-0.05, 0) is 34.5 Å². The average molecular weight is 342 g/mol. The minimum Gasteiger partial charge on any atom is -0.497 e. The monoisotopic (exact) mass is 342 g/mol. The predicted octanol–water partition coefficient (Wildman–Crippen LogP) is 4.40. The molecule has 3 nitrogen and oxygen atoms in total. The number of carbonyl (C=O) groups is 1. The van der Waals surface area contributed by atoms with E-state index in [0.717, 1.165) is 5.39 Å². The average Bonchev–Trinajstić information content (AvgIpc) is 2.66. The van der Waals surface area contributed by atoms with Gasteiger partial charge in [0.25, 0.3) is 0 Å². The van der Waals surface area contributed by atoms with Crippen LogP contribution in [0.5, 0.6) is 5.75 Å². The second kappa shape index (κ2) is 6.61. The number of hydrogen-bond donors (Lipinski definition) is 1. The lowest BCUT2D eigenvalue weighted by atomic mass is 9.95. The van der Waals surface area contributed by atoms with Crippen LogP contribution in [0, 0.1) is 0 Å². The number of rotatable bonds is 5. The number of aliphatic hydroxyl groups excluding tert-OH is 1. The number of alkyl halides is 2. The summed E-state index contributed by atoms with van der Waals surface area (Å²) in [4.78, 5) is 12.3. The molecule has 0 radical (unpaired) electrons. The fraction of sp³-hybridized carbons (Fsp3) is 0.150. The van der Waals surface area contributed by atoms with Crippen LogP contribution in [0.4, 0.5) is 8.78 Å². The molecule has 3 aromatic rings. The summed E-state index contributed by atoms with van der Waals surface area (Å²) in [5, 5.41) is 11.6. The van der Waals surface area contributed by atoms with Crippen LogP contribution < -0.4 is 4.74 Å². The molecule has 0 bridgehead atoms. The van der Waals surface area contributed by atoms with Crippen molar-refractivity contribution in [2.45, 2.75) is 12.0 Å². The van der Waals surface area contributed by atoms with E-state index in [1.165, 1.54) is 43.5 Å². The zero-order valence-corrected chi connectivity index (χ0v) is 13.4. The van der Waals surface area contributed by atoms with Crippen molar-refractivity contribution in [3.05, 3.63) is 77.9 Å². The Morgan fingerprint density at radius 1 is 1.00 bits per heavy atom. The molecular formula is C20H16F2O3. The Balaban J connectivity index is 1.91. The summed E-state index contributed by atoms with van der Waals surface area (Å²) in [5.74, 6) is -4.89. The van der Waals surface area contributed by atoms with Crippen LogP contribution in [0.2, 0.25) is 0 Å². The number of methoxy groups -OCH3 is 1. The topological polar surface area (TPSA) is 46.5 Å². The summed E-state index contributed by atoms with van der Waals surface area (Å²) in [7, 11) is 1.45. The number of hydrogen-bond acceptors (Lipinski definition) is 3. The zero-order valence-electron chi connectivity index (χ0n) is 13.4. The van der Waals surface area contributed by atoms with Gasteiger partial charge in [0.2, 0.25) is 5.78 Å². The highest BCUT2D eigenvalue weighted by atomic mass is 19.3. The van der Waals surface area contributed by atoms with E-state index in [1.54, 1.807) is 18.2 Å². The van der Waals surface area contributed by atoms with Crippen LogP contribution in [0.3, 0.4) is 0 Å². The first kappa shape index (κ1) is 17.0. The number of ether oxygens (including phenoxy) is 1. The molecule has 0 amide bonds. The van der Waals surface area contributed by atoms with Crippen LogP contribution in [-0.4, -0.2) is 23.9 Å². The summed E-state index contributed by atoms with van der Waals surface area (Å²) in [6, 6.07) is 17.1. The van der Waals surface area contributed by atoms with Crippen molar-refractivity contribution in [3.63, 3.8) is 0 Å². The van der Waals surface area contributed by atoms with Gasteiger partial charge in [-0.3, -0.25) is 4.79 Å². The van der Waals surface area contributed by atoms with Crippen molar-refractivity contribution in [1.82, 2.24) is 0 Å². The molecule has 128 valence electrons. The van der Waals surface area contributed by atoms with Crippen molar-refractivity contribution >= 4 is 16.6 Å². The van der Waals surface area contributed by atoms with Gasteiger partial charge < -0.3 is 9.84 Å². The molecule has 25 heavy (non-hydrogen) atoms. The van der Waals surface area contributed by atoms with Crippen LogP contribution in [0.25, 0.3) is 10.8 Å². The molecule has 0 aliphatic heterocycles. The molecular weight excluding hydrogens is 326 g/mol. The van der Waals surface area contributed by atoms with Gasteiger partial charge in [0.1, 0.15) is 5.75 Å². The minimum absolute atomic E-state index is 0.0556. The SMILES string of the molecule is COc1ccc(C(O)C(F)(F)C(=O)c2ccc3ccccc3c2)cc1. The second-order valence-electron chi connectivity index (χ2n) is 5.69. The Labute approximate surface area is 143 Å². The number of ketones is 1. The van der Waals surface area contributed by atoms with Gasteiger partial charge in [0.15, 0.2) is 6.10 Å². The van der Waals surface area contributed by atoms with Crippen molar-refractivity contribution in [1.29, 1.82) is 0 Å². The molecule has 0 aliphatic rings. The summed E-state index contributed by atoms with van der Waals surface area (Å²) in [5.41, 5.74) is -0.198. The van der Waals surface area contributed by atoms with Crippen molar-refractivity contribution in [2.24, 2.45) is 0 Å². The minimum atomic E-state index is -3.95. The van der Waals surface area contributed by atoms with Gasteiger partial charge >= 0.3 is 5.92 Å². The van der Waals surface area contributed by atoms with Gasteiger partial charge in [-0.2, -0.15) is 8.78 Å². The molecule has 0 aliphatic carbocycles. The maximum absolute atomic E-state index is 14.5. The van der Waals surface area contributed by atoms with E-state index in [0.29, 0.717) is 11.1 Å². The molecule has 1 N–H and O–H groups in total. The van der Waals surface area contributed by atoms with Crippen molar-refractivity contribution in [3.8, 4) is 5.75 Å². The van der Waals surface area contributed by atoms with E-state index in [1.807, 2.05) is 12.1 Å². The lowest BCUT2D eigenvalue weighted by molar-refractivity contribution is -0.0792. The first-order chi connectivity index (χ1) is 11.9. The molecule has 3 aromatic carbocycles. The Morgan fingerprint density at radius 2 is 1.64 bits per heavy atom. The quantitative estimate of drug-likeness (QED) is 0.699. The Hall–Kier alpha value is -2.79. The maximum Gasteiger partial charge on any atom is 0.339 e. The second-order valence-corrected chi connectivity index (χ2v) is 5.69. The highest BCUT2D eigenvalue weighted by Crippen LogP contribution is 2.35. The third kappa shape index (κ3) is 3.23. The van der Waals surface area contributed by atoms with Gasteiger partial charge in [-0.15, -0.1) is 0 Å². The molecule has 0 saturated heterocycles. The molecule has 0 spiro atoms. The molecule has 3 rings (SSSR count). The molecule has 0 saturated carbocycles. The highest BCUT2D eigenvalue weighted by Gasteiger charge is 2.47. The van der Waals surface area contributed by atoms with Crippen molar-refractivity contribution in [2.75, 3.05) is 7.11 Å². The fourth-order valence-electron chi connectivity index (χ4n) is 2.64. The summed E-state index contributed by atoms with van der Waals surface area (Å²) < 4.78 is 34.0. The van der Waals surface area contributed by atoms with E-state index in [4.69, 9.17) is 4.74 Å². The molecule has 0 fully saturated rings.